The lowest BCUT2D eigenvalue weighted by molar-refractivity contribution is 0.389. The number of nitrogens with zero attached hydrogens (tertiary/aromatic N) is 18. The van der Waals surface area contributed by atoms with E-state index in [0.29, 0.717) is 23.5 Å². The van der Waals surface area contributed by atoms with E-state index < -0.39 is 0 Å². The second-order valence-electron chi connectivity index (χ2n) is 12.2. The summed E-state index contributed by atoms with van der Waals surface area (Å²) in [4.78, 5) is 33.7. The highest BCUT2D eigenvalue weighted by Crippen LogP contribution is 2.04. The smallest absolute Gasteiger partial charge is 0.223 e. The number of H-pyrrole nitrogens is 1. The third-order valence-corrected chi connectivity index (χ3v) is 8.29. The number of aryl methyl sites for hydroxylation is 14. The number of thiazole rings is 1. The molecule has 10 heterocycles. The summed E-state index contributed by atoms with van der Waals surface area (Å²) in [6.07, 6.45) is 18.7. The molecule has 0 aromatic carbocycles. The fraction of sp³-hybridized carbons (Fsp3) is 0.500. The molecule has 77 heavy (non-hydrogen) atoms. The van der Waals surface area contributed by atoms with Crippen LogP contribution in [0.25, 0.3) is 0 Å². The fourth-order valence-electron chi connectivity index (χ4n) is 3.51. The van der Waals surface area contributed by atoms with Crippen molar-refractivity contribution in [3.8, 4) is 0 Å². The van der Waals surface area contributed by atoms with Gasteiger partial charge in [0, 0.05) is 90.5 Å². The van der Waals surface area contributed by atoms with Gasteiger partial charge in [-0.2, -0.15) is 19.6 Å². The third-order valence-electron chi connectivity index (χ3n) is 6.12. The van der Waals surface area contributed by atoms with Crippen molar-refractivity contribution < 1.29 is 13.4 Å². The molecule has 22 nitrogen and oxygen atoms in total. The van der Waals surface area contributed by atoms with Gasteiger partial charge in [0.05, 0.1) is 11.2 Å². The van der Waals surface area contributed by atoms with Gasteiger partial charge >= 0.3 is 0 Å². The molecule has 432 valence electrons. The Morgan fingerprint density at radius 1 is 0.494 bits per heavy atom. The lowest BCUT2D eigenvalue weighted by atomic mass is 10.6. The lowest BCUT2D eigenvalue weighted by Crippen LogP contribution is -1.83. The van der Waals surface area contributed by atoms with Crippen LogP contribution in [0.4, 0.5) is 0 Å². The molecule has 0 aliphatic heterocycles. The Bertz CT molecular complexity index is 2100. The molecular weight excluding hydrogens is 1030 g/mol. The van der Waals surface area contributed by atoms with Crippen LogP contribution in [0.2, 0.25) is 0 Å². The van der Waals surface area contributed by atoms with E-state index in [-0.39, 0.29) is 0 Å². The molecular formula is C52H93N19O3S3. The second-order valence-corrected chi connectivity index (χ2v) is 15.7. The SMILES string of the molecule is CC.CC.CC.CC.CC.CC.Cc1ncc[nH]1.Cc1ncccn1.Cc1ncco1.Cc1nccs1.Cc1nnc(C)o1.Cc1nnc(C)s1.Cc1noc(C)n1.Cc1nsc(C)n1.Cn1cccn1.Cn1cncn1. The molecule has 0 spiro atoms. The molecule has 0 atom stereocenters. The zero-order chi connectivity index (χ0) is 60.2. The number of aromatic amines is 1. The minimum atomic E-state index is 0.623. The Balaban J connectivity index is -0.000000178. The average molecular weight is 1130 g/mol. The summed E-state index contributed by atoms with van der Waals surface area (Å²) in [6.45, 7) is 46.4. The van der Waals surface area contributed by atoms with Crippen molar-refractivity contribution in [3.05, 3.63) is 153 Å². The number of aromatic nitrogens is 19. The van der Waals surface area contributed by atoms with Gasteiger partial charge in [0.2, 0.25) is 17.7 Å². The zero-order valence-electron chi connectivity index (χ0n) is 51.1. The first-order chi connectivity index (χ1) is 37.0. The summed E-state index contributed by atoms with van der Waals surface area (Å²) < 4.78 is 21.5. The van der Waals surface area contributed by atoms with Crippen LogP contribution in [0.3, 0.4) is 0 Å². The van der Waals surface area contributed by atoms with E-state index in [2.05, 4.69) is 89.5 Å². The van der Waals surface area contributed by atoms with Crippen molar-refractivity contribution in [3.63, 3.8) is 0 Å². The average Bonchev–Trinajstić information content (AvgIpc) is 4.29. The van der Waals surface area contributed by atoms with E-state index in [9.17, 15) is 0 Å². The number of rotatable bonds is 0. The van der Waals surface area contributed by atoms with E-state index in [1.54, 1.807) is 129 Å². The predicted octanol–water partition coefficient (Wildman–Crippen LogP) is 14.0. The summed E-state index contributed by atoms with van der Waals surface area (Å²) >= 11 is 4.73. The molecule has 0 aliphatic carbocycles. The van der Waals surface area contributed by atoms with Crippen molar-refractivity contribution in [1.82, 2.24) is 94.3 Å². The first-order valence-corrected chi connectivity index (χ1v) is 27.7. The molecule has 0 radical (unpaired) electrons. The first kappa shape index (κ1) is 81.2. The molecule has 0 aliphatic rings. The summed E-state index contributed by atoms with van der Waals surface area (Å²) in [5.41, 5.74) is 0. The van der Waals surface area contributed by atoms with Crippen LogP contribution in [-0.4, -0.2) is 94.3 Å². The number of hydrogen-bond acceptors (Lipinski definition) is 22. The van der Waals surface area contributed by atoms with Gasteiger partial charge in [0.15, 0.2) is 11.7 Å². The Morgan fingerprint density at radius 2 is 1.08 bits per heavy atom. The van der Waals surface area contributed by atoms with Gasteiger partial charge in [-0.05, 0) is 79.1 Å². The number of hydrogen-bond donors (Lipinski definition) is 1. The summed E-state index contributed by atoms with van der Waals surface area (Å²) in [5, 5.41) is 32.1. The summed E-state index contributed by atoms with van der Waals surface area (Å²) in [7, 11) is 3.72. The van der Waals surface area contributed by atoms with Crippen molar-refractivity contribution in [2.75, 3.05) is 0 Å². The van der Waals surface area contributed by atoms with Gasteiger partial charge in [-0.15, -0.1) is 43.1 Å². The van der Waals surface area contributed by atoms with Gasteiger partial charge in [0.25, 0.3) is 0 Å². The Morgan fingerprint density at radius 3 is 1.22 bits per heavy atom. The maximum atomic E-state index is 4.86. The molecule has 0 saturated carbocycles. The van der Waals surface area contributed by atoms with Crippen LogP contribution in [0.5, 0.6) is 0 Å². The van der Waals surface area contributed by atoms with Crippen LogP contribution < -0.4 is 0 Å². The zero-order valence-corrected chi connectivity index (χ0v) is 53.5. The lowest BCUT2D eigenvalue weighted by Gasteiger charge is -1.81. The largest absolute Gasteiger partial charge is 0.449 e. The van der Waals surface area contributed by atoms with Gasteiger partial charge in [0.1, 0.15) is 51.4 Å². The van der Waals surface area contributed by atoms with Gasteiger partial charge in [-0.25, -0.2) is 29.9 Å². The van der Waals surface area contributed by atoms with Crippen LogP contribution in [-0.2, 0) is 14.1 Å². The molecule has 0 unspecified atom stereocenters. The minimum absolute atomic E-state index is 0.623. The third kappa shape index (κ3) is 59.6. The van der Waals surface area contributed by atoms with Crippen molar-refractivity contribution in [2.24, 2.45) is 14.1 Å². The molecule has 10 rings (SSSR count). The molecule has 25 heteroatoms. The molecule has 0 fully saturated rings. The van der Waals surface area contributed by atoms with E-state index in [1.165, 1.54) is 17.9 Å². The number of oxazole rings is 1. The van der Waals surface area contributed by atoms with Crippen molar-refractivity contribution >= 4 is 34.2 Å². The van der Waals surface area contributed by atoms with Gasteiger partial charge in [-0.1, -0.05) is 88.2 Å². The Labute approximate surface area is 472 Å². The minimum Gasteiger partial charge on any atom is -0.449 e. The van der Waals surface area contributed by atoms with E-state index in [1.807, 2.05) is 163 Å². The Hall–Kier alpha value is -7.12. The Kier molecular flexibility index (Phi) is 64.8. The topological polar surface area (TPSA) is 271 Å². The molecule has 10 aromatic heterocycles. The summed E-state index contributed by atoms with van der Waals surface area (Å²) in [6, 6.07) is 3.69. The highest BCUT2D eigenvalue weighted by molar-refractivity contribution is 7.11. The van der Waals surface area contributed by atoms with E-state index >= 15 is 0 Å². The van der Waals surface area contributed by atoms with Crippen LogP contribution >= 0.6 is 34.2 Å². The van der Waals surface area contributed by atoms with Crippen molar-refractivity contribution in [1.29, 1.82) is 0 Å². The molecule has 0 saturated heterocycles. The van der Waals surface area contributed by atoms with Crippen molar-refractivity contribution in [2.45, 2.75) is 166 Å². The molecule has 0 bridgehead atoms. The van der Waals surface area contributed by atoms with Gasteiger partial charge < -0.3 is 18.3 Å². The maximum Gasteiger partial charge on any atom is 0.223 e. The van der Waals surface area contributed by atoms with Crippen LogP contribution in [0, 0.1) is 83.1 Å². The number of nitrogens with one attached hydrogen (secondary N) is 1. The molecule has 0 amide bonds. The number of imidazole rings is 1. The van der Waals surface area contributed by atoms with E-state index in [4.69, 9.17) is 8.83 Å². The van der Waals surface area contributed by atoms with E-state index in [0.717, 1.165) is 43.4 Å². The summed E-state index contributed by atoms with van der Waals surface area (Å²) in [5.74, 6) is 5.94. The highest BCUT2D eigenvalue weighted by Gasteiger charge is 1.91. The molecule has 1 N–H and O–H groups in total. The maximum absolute atomic E-state index is 4.86. The van der Waals surface area contributed by atoms with Crippen LogP contribution in [0.15, 0.2) is 99.4 Å². The van der Waals surface area contributed by atoms with Crippen LogP contribution in [0.1, 0.15) is 150 Å². The second kappa shape index (κ2) is 61.4. The first-order valence-electron chi connectivity index (χ1n) is 25.2. The fourth-order valence-corrected chi connectivity index (χ4v) is 5.02. The monoisotopic (exact) mass is 1130 g/mol. The quantitative estimate of drug-likeness (QED) is 0.148. The standard InChI is InChI=1S/C5H6N2.2C4H6N2O.2C4H6N2S.2C4H6N2.C4H5NO.C4H5NS.C3H5N3.6C2H6/c1-5-6-3-2-4-7-5;1-3-5-6-4(2)7-3;1-3-5-4(2)7-6-3;1-3-5-6-4(2)7-3;1-3-5-4(2)7-6-3;1-6-4-2-3-5-6;3*1-4-5-2-3-6-4;1-6-3-4-2-5-6;6*1-2/h2-4H,1H3;4*1-2H3;2-4H,1H3;2-3H,1H3,(H,5,6);3*2-3H,1H3;6*1-2H3. The highest BCUT2D eigenvalue weighted by atomic mass is 32.1. The normalized spacial score (nSPS) is 8.13. The predicted molar refractivity (Wildman–Crippen MR) is 317 cm³/mol. The molecule has 10 aromatic rings. The van der Waals surface area contributed by atoms with Gasteiger partial charge in [-0.3, -0.25) is 14.3 Å².